The average Bonchev–Trinajstić information content (AvgIpc) is 3.30. The zero-order chi connectivity index (χ0) is 31.9. The molecule has 43 heavy (non-hydrogen) atoms. The van der Waals surface area contributed by atoms with Gasteiger partial charge in [0.05, 0.1) is 18.8 Å². The van der Waals surface area contributed by atoms with E-state index in [4.69, 9.17) is 9.47 Å². The van der Waals surface area contributed by atoms with Crippen LogP contribution in [0.3, 0.4) is 0 Å². The van der Waals surface area contributed by atoms with E-state index in [0.29, 0.717) is 24.8 Å². The summed E-state index contributed by atoms with van der Waals surface area (Å²) in [5.74, 6) is -1.85. The number of carbonyl (C=O) groups is 2. The van der Waals surface area contributed by atoms with Crippen LogP contribution in [-0.4, -0.2) is 51.4 Å². The van der Waals surface area contributed by atoms with Gasteiger partial charge in [0, 0.05) is 30.5 Å². The molecule has 5 unspecified atom stereocenters. The molecule has 0 aliphatic carbocycles. The minimum atomic E-state index is -1.08. The van der Waals surface area contributed by atoms with Crippen LogP contribution >= 0.6 is 0 Å². The third-order valence-electron chi connectivity index (χ3n) is 8.12. The van der Waals surface area contributed by atoms with Crippen LogP contribution in [0.5, 0.6) is 0 Å². The Bertz CT molecular complexity index is 1340. The molecule has 1 aliphatic rings. The van der Waals surface area contributed by atoms with E-state index >= 15 is 0 Å². The Morgan fingerprint density at radius 3 is 2.44 bits per heavy atom. The number of aliphatic carboxylic acids is 1. The van der Waals surface area contributed by atoms with Gasteiger partial charge in [-0.2, -0.15) is 0 Å². The van der Waals surface area contributed by atoms with Crippen molar-refractivity contribution in [3.05, 3.63) is 68.5 Å². The van der Waals surface area contributed by atoms with Crippen LogP contribution in [0.25, 0.3) is 0 Å². The molecular formula is C33H49N3O7. The molecule has 1 aromatic heterocycles. The molecule has 1 aromatic carbocycles. The topological polar surface area (TPSA) is 140 Å². The summed E-state index contributed by atoms with van der Waals surface area (Å²) in [6, 6.07) is 8.21. The molecule has 5 atom stereocenters. The van der Waals surface area contributed by atoms with Gasteiger partial charge in [0.2, 0.25) is 5.91 Å². The molecule has 0 spiro atoms. The Balaban J connectivity index is 1.78. The summed E-state index contributed by atoms with van der Waals surface area (Å²) in [5.41, 5.74) is -0.402. The lowest BCUT2D eigenvalue weighted by Crippen LogP contribution is -2.49. The Labute approximate surface area is 254 Å². The maximum absolute atomic E-state index is 13.7. The van der Waals surface area contributed by atoms with Gasteiger partial charge in [0.1, 0.15) is 12.3 Å². The number of benzene rings is 1. The summed E-state index contributed by atoms with van der Waals surface area (Å²) in [7, 11) is 0. The number of rotatable bonds is 14. The van der Waals surface area contributed by atoms with E-state index in [1.165, 1.54) is 10.8 Å². The highest BCUT2D eigenvalue weighted by molar-refractivity contribution is 5.85. The molecule has 10 heteroatoms. The lowest BCUT2D eigenvalue weighted by atomic mass is 9.76. The van der Waals surface area contributed by atoms with Crippen LogP contribution in [0.2, 0.25) is 0 Å². The fraction of sp³-hybridized carbons (Fsp3) is 0.636. The van der Waals surface area contributed by atoms with Gasteiger partial charge in [-0.15, -0.1) is 0 Å². The second-order valence-corrected chi connectivity index (χ2v) is 13.7. The van der Waals surface area contributed by atoms with Gasteiger partial charge in [0.15, 0.2) is 0 Å². The first kappa shape index (κ1) is 34.3. The third kappa shape index (κ3) is 9.63. The minimum absolute atomic E-state index is 0.0727. The summed E-state index contributed by atoms with van der Waals surface area (Å²) < 4.78 is 14.3. The standard InChI is InChI=1S/C33H49N3O7/c1-8-9-15-23(29(38)34-24(30(39)40)16-22-13-11-10-12-14-22)33(6,7)20-42-25-17-27(43-26(25)18-32(3,4)5)36-19-21(2)28(37)35-31(36)41/h10-14,19,23-27H,8-9,15-18,20H2,1-7H3,(H,34,38)(H,39,40)(H,35,37,41). The van der Waals surface area contributed by atoms with E-state index in [2.05, 4.69) is 38.0 Å². The number of carbonyl (C=O) groups excluding carboxylic acids is 1. The predicted molar refractivity (Wildman–Crippen MR) is 165 cm³/mol. The number of nitrogens with zero attached hydrogens (tertiary/aromatic N) is 1. The fourth-order valence-electron chi connectivity index (χ4n) is 5.66. The molecule has 1 amide bonds. The van der Waals surface area contributed by atoms with Crippen LogP contribution in [0.4, 0.5) is 0 Å². The van der Waals surface area contributed by atoms with E-state index in [9.17, 15) is 24.3 Å². The molecule has 10 nitrogen and oxygen atoms in total. The molecular weight excluding hydrogens is 550 g/mol. The fourth-order valence-corrected chi connectivity index (χ4v) is 5.66. The predicted octanol–water partition coefficient (Wildman–Crippen LogP) is 4.60. The number of aryl methyl sites for hydroxylation is 1. The summed E-state index contributed by atoms with van der Waals surface area (Å²) in [6.07, 6.45) is 3.86. The average molecular weight is 600 g/mol. The molecule has 238 valence electrons. The van der Waals surface area contributed by atoms with Gasteiger partial charge >= 0.3 is 11.7 Å². The van der Waals surface area contributed by atoms with Crippen molar-refractivity contribution >= 4 is 11.9 Å². The normalized spacial score (nSPS) is 20.5. The van der Waals surface area contributed by atoms with Gasteiger partial charge in [0.25, 0.3) is 5.56 Å². The Morgan fingerprint density at radius 2 is 1.84 bits per heavy atom. The number of amides is 1. The zero-order valence-electron chi connectivity index (χ0n) is 26.6. The zero-order valence-corrected chi connectivity index (χ0v) is 26.6. The molecule has 1 fully saturated rings. The molecule has 0 bridgehead atoms. The summed E-state index contributed by atoms with van der Waals surface area (Å²) in [6.45, 7) is 14.2. The van der Waals surface area contributed by atoms with E-state index in [-0.39, 0.29) is 36.6 Å². The molecule has 3 N–H and O–H groups in total. The number of aromatic nitrogens is 2. The van der Waals surface area contributed by atoms with Gasteiger partial charge in [-0.25, -0.2) is 9.59 Å². The van der Waals surface area contributed by atoms with E-state index in [1.807, 2.05) is 44.2 Å². The number of carboxylic acids is 1. The number of hydrogen-bond donors (Lipinski definition) is 3. The summed E-state index contributed by atoms with van der Waals surface area (Å²) in [5, 5.41) is 12.7. The van der Waals surface area contributed by atoms with Crippen molar-refractivity contribution in [2.24, 2.45) is 16.7 Å². The lowest BCUT2D eigenvalue weighted by molar-refractivity contribution is -0.144. The SMILES string of the molecule is CCCCC(C(=O)NC(Cc1ccccc1)C(=O)O)C(C)(C)COC1CC(n2cc(C)c(=O)[nH]c2=O)OC1CC(C)(C)C. The van der Waals surface area contributed by atoms with Crippen LogP contribution in [-0.2, 0) is 25.5 Å². The molecule has 2 aromatic rings. The third-order valence-corrected chi connectivity index (χ3v) is 8.12. The Morgan fingerprint density at radius 1 is 1.16 bits per heavy atom. The summed E-state index contributed by atoms with van der Waals surface area (Å²) >= 11 is 0. The van der Waals surface area contributed by atoms with Crippen molar-refractivity contribution in [2.45, 2.75) is 111 Å². The quantitative estimate of drug-likeness (QED) is 0.288. The minimum Gasteiger partial charge on any atom is -0.480 e. The molecule has 1 saturated heterocycles. The van der Waals surface area contributed by atoms with Gasteiger partial charge in [-0.1, -0.05) is 84.7 Å². The Hall–Kier alpha value is -3.24. The monoisotopic (exact) mass is 599 g/mol. The van der Waals surface area contributed by atoms with Crippen molar-refractivity contribution in [3.8, 4) is 0 Å². The largest absolute Gasteiger partial charge is 0.480 e. The molecule has 0 radical (unpaired) electrons. The second-order valence-electron chi connectivity index (χ2n) is 13.7. The highest BCUT2D eigenvalue weighted by Crippen LogP contribution is 2.39. The van der Waals surface area contributed by atoms with E-state index in [1.54, 1.807) is 6.92 Å². The molecule has 2 heterocycles. The highest BCUT2D eigenvalue weighted by atomic mass is 16.6. The highest BCUT2D eigenvalue weighted by Gasteiger charge is 2.42. The smallest absolute Gasteiger partial charge is 0.330 e. The molecule has 1 aliphatic heterocycles. The van der Waals surface area contributed by atoms with Crippen molar-refractivity contribution in [3.63, 3.8) is 0 Å². The van der Waals surface area contributed by atoms with E-state index in [0.717, 1.165) is 18.4 Å². The molecule has 0 saturated carbocycles. The van der Waals surface area contributed by atoms with Gasteiger partial charge < -0.3 is 19.9 Å². The van der Waals surface area contributed by atoms with Crippen LogP contribution in [0, 0.1) is 23.7 Å². The molecule has 3 rings (SSSR count). The number of aromatic amines is 1. The maximum Gasteiger partial charge on any atom is 0.330 e. The van der Waals surface area contributed by atoms with Crippen molar-refractivity contribution in [1.82, 2.24) is 14.9 Å². The van der Waals surface area contributed by atoms with Gasteiger partial charge in [-0.3, -0.25) is 19.1 Å². The van der Waals surface area contributed by atoms with Crippen LogP contribution in [0.15, 0.2) is 46.1 Å². The van der Waals surface area contributed by atoms with Crippen LogP contribution in [0.1, 0.15) is 91.0 Å². The van der Waals surface area contributed by atoms with Crippen molar-refractivity contribution in [2.75, 3.05) is 6.61 Å². The van der Waals surface area contributed by atoms with Crippen molar-refractivity contribution < 1.29 is 24.2 Å². The first-order chi connectivity index (χ1) is 20.1. The number of carboxylic acid groups (broad SMARTS) is 1. The number of hydrogen-bond acceptors (Lipinski definition) is 6. The number of unbranched alkanes of at least 4 members (excludes halogenated alkanes) is 1. The second kappa shape index (κ2) is 14.5. The first-order valence-electron chi connectivity index (χ1n) is 15.3. The first-order valence-corrected chi connectivity index (χ1v) is 15.3. The Kier molecular flexibility index (Phi) is 11.5. The number of H-pyrrole nitrogens is 1. The number of nitrogens with one attached hydrogen (secondary N) is 2. The van der Waals surface area contributed by atoms with Gasteiger partial charge in [-0.05, 0) is 36.2 Å². The maximum atomic E-state index is 13.7. The van der Waals surface area contributed by atoms with E-state index < -0.39 is 40.8 Å². The lowest BCUT2D eigenvalue weighted by Gasteiger charge is -2.36. The number of ether oxygens (including phenoxy) is 2. The van der Waals surface area contributed by atoms with Crippen molar-refractivity contribution in [1.29, 1.82) is 0 Å². The van der Waals surface area contributed by atoms with Crippen LogP contribution < -0.4 is 16.6 Å². The summed E-state index contributed by atoms with van der Waals surface area (Å²) in [4.78, 5) is 52.6.